The minimum atomic E-state index is -1.19. The number of fused-ring (bicyclic) bond motifs is 1. The fraction of sp³-hybridized carbons (Fsp3) is 0.0857. The van der Waals surface area contributed by atoms with Gasteiger partial charge in [-0.3, -0.25) is 9.59 Å². The van der Waals surface area contributed by atoms with Crippen LogP contribution in [0.1, 0.15) is 60.8 Å². The minimum Gasteiger partial charge on any atom is -0.478 e. The second kappa shape index (κ2) is 13.0. The Morgan fingerprint density at radius 3 is 1.96 bits per heavy atom. The average Bonchev–Trinajstić information content (AvgIpc) is 3.33. The zero-order valence-corrected chi connectivity index (χ0v) is 24.3. The molecule has 0 fully saturated rings. The number of hydrogen-bond acceptors (Lipinski definition) is 7. The molecule has 2 amide bonds. The third-order valence-electron chi connectivity index (χ3n) is 6.88. The molecule has 6 rings (SSSR count). The van der Waals surface area contributed by atoms with Crippen LogP contribution in [0.25, 0.3) is 22.6 Å². The van der Waals surface area contributed by atoms with Crippen LogP contribution in [0.15, 0.2) is 103 Å². The minimum absolute atomic E-state index is 0.0386. The Morgan fingerprint density at radius 2 is 1.31 bits per heavy atom. The van der Waals surface area contributed by atoms with Gasteiger partial charge in [0.05, 0.1) is 33.6 Å². The standard InChI is InChI=1S/C33H21N3O7.C2H6/c37-30-25-15-12-23(33(41)42)16-26(25)31(38)36(30)24-13-10-20(11-14-24)27-17-28(35-29(34-27)21-4-2-1-3-5-21)43-18-19-6-8-22(9-7-19)32(39)40;1-2/h1-17H,18H2,(H,39,40)(H,41,42);1-2H3. The quantitative estimate of drug-likeness (QED) is 0.187. The van der Waals surface area contributed by atoms with Gasteiger partial charge in [-0.05, 0) is 48.0 Å². The number of rotatable bonds is 8. The molecule has 0 aliphatic carbocycles. The molecule has 0 bridgehead atoms. The number of anilines is 1. The van der Waals surface area contributed by atoms with E-state index in [9.17, 15) is 24.3 Å². The smallest absolute Gasteiger partial charge is 0.335 e. The average molecular weight is 602 g/mol. The van der Waals surface area contributed by atoms with Gasteiger partial charge in [0.15, 0.2) is 5.82 Å². The third-order valence-corrected chi connectivity index (χ3v) is 6.88. The molecule has 0 unspecified atom stereocenters. The number of carbonyl (C=O) groups excluding carboxylic acids is 2. The lowest BCUT2D eigenvalue weighted by Gasteiger charge is -2.15. The Bertz CT molecular complexity index is 1910. The Labute approximate surface area is 258 Å². The van der Waals surface area contributed by atoms with Crippen molar-refractivity contribution < 1.29 is 34.1 Å². The van der Waals surface area contributed by atoms with E-state index in [4.69, 9.17) is 14.8 Å². The first kappa shape index (κ1) is 30.3. The highest BCUT2D eigenvalue weighted by Gasteiger charge is 2.37. The molecule has 10 nitrogen and oxygen atoms in total. The number of carboxylic acid groups (broad SMARTS) is 2. The summed E-state index contributed by atoms with van der Waals surface area (Å²) in [7, 11) is 0. The van der Waals surface area contributed by atoms with E-state index in [1.807, 2.05) is 44.2 Å². The largest absolute Gasteiger partial charge is 0.478 e. The molecule has 4 aromatic carbocycles. The lowest BCUT2D eigenvalue weighted by Crippen LogP contribution is -2.29. The molecular weight excluding hydrogens is 574 g/mol. The second-order valence-corrected chi connectivity index (χ2v) is 9.63. The molecule has 1 aliphatic heterocycles. The topological polar surface area (TPSA) is 147 Å². The number of carboxylic acids is 2. The van der Waals surface area contributed by atoms with Crippen LogP contribution >= 0.6 is 0 Å². The number of carbonyl (C=O) groups is 4. The van der Waals surface area contributed by atoms with Gasteiger partial charge in [0.25, 0.3) is 11.8 Å². The van der Waals surface area contributed by atoms with Crippen molar-refractivity contribution in [2.24, 2.45) is 0 Å². The van der Waals surface area contributed by atoms with Gasteiger partial charge in [-0.15, -0.1) is 0 Å². The summed E-state index contributed by atoms with van der Waals surface area (Å²) in [4.78, 5) is 58.9. The number of imide groups is 1. The first-order chi connectivity index (χ1) is 21.8. The van der Waals surface area contributed by atoms with Crippen LogP contribution in [0.2, 0.25) is 0 Å². The number of aromatic carboxylic acids is 2. The maximum atomic E-state index is 13.1. The Kier molecular flexibility index (Phi) is 8.76. The predicted octanol–water partition coefficient (Wildman–Crippen LogP) is 6.61. The van der Waals surface area contributed by atoms with Crippen molar-refractivity contribution in [1.29, 1.82) is 0 Å². The first-order valence-electron chi connectivity index (χ1n) is 14.0. The first-order valence-corrected chi connectivity index (χ1v) is 14.0. The van der Waals surface area contributed by atoms with E-state index >= 15 is 0 Å². The number of aromatic nitrogens is 2. The lowest BCUT2D eigenvalue weighted by molar-refractivity contribution is 0.0686. The van der Waals surface area contributed by atoms with E-state index in [2.05, 4.69) is 4.98 Å². The Balaban J connectivity index is 0.00000196. The third kappa shape index (κ3) is 6.30. The number of amides is 2. The Hall–Kier alpha value is -6.16. The fourth-order valence-electron chi connectivity index (χ4n) is 4.65. The maximum absolute atomic E-state index is 13.1. The van der Waals surface area contributed by atoms with Crippen LogP contribution in [-0.2, 0) is 6.61 Å². The molecule has 224 valence electrons. The summed E-state index contributed by atoms with van der Waals surface area (Å²) in [5.41, 5.74) is 3.33. The summed E-state index contributed by atoms with van der Waals surface area (Å²) in [5, 5.41) is 18.4. The zero-order chi connectivity index (χ0) is 32.1. The van der Waals surface area contributed by atoms with Gasteiger partial charge in [0.1, 0.15) is 6.61 Å². The molecule has 10 heteroatoms. The Morgan fingerprint density at radius 1 is 0.689 bits per heavy atom. The van der Waals surface area contributed by atoms with Gasteiger partial charge in [0.2, 0.25) is 5.88 Å². The molecule has 2 N–H and O–H groups in total. The van der Waals surface area contributed by atoms with E-state index in [0.717, 1.165) is 16.0 Å². The van der Waals surface area contributed by atoms with Crippen molar-refractivity contribution in [1.82, 2.24) is 9.97 Å². The van der Waals surface area contributed by atoms with Gasteiger partial charge in [-0.25, -0.2) is 19.5 Å². The number of hydrogen-bond donors (Lipinski definition) is 2. The molecule has 45 heavy (non-hydrogen) atoms. The highest BCUT2D eigenvalue weighted by Crippen LogP contribution is 2.32. The van der Waals surface area contributed by atoms with Crippen LogP contribution in [-0.4, -0.2) is 43.9 Å². The molecule has 0 saturated heterocycles. The van der Waals surface area contributed by atoms with Gasteiger partial charge in [0, 0.05) is 17.2 Å². The van der Waals surface area contributed by atoms with Crippen molar-refractivity contribution in [3.63, 3.8) is 0 Å². The summed E-state index contributed by atoms with van der Waals surface area (Å²) in [6, 6.07) is 27.9. The van der Waals surface area contributed by atoms with Crippen molar-refractivity contribution in [2.75, 3.05) is 4.90 Å². The van der Waals surface area contributed by atoms with Crippen LogP contribution in [0.4, 0.5) is 5.69 Å². The van der Waals surface area contributed by atoms with E-state index in [1.54, 1.807) is 42.5 Å². The lowest BCUT2D eigenvalue weighted by atomic mass is 10.1. The fourth-order valence-corrected chi connectivity index (χ4v) is 4.65. The van der Waals surface area contributed by atoms with E-state index in [1.165, 1.54) is 30.3 Å². The van der Waals surface area contributed by atoms with Crippen molar-refractivity contribution in [3.05, 3.63) is 131 Å². The molecule has 0 radical (unpaired) electrons. The van der Waals surface area contributed by atoms with Crippen LogP contribution in [0, 0.1) is 0 Å². The zero-order valence-electron chi connectivity index (χ0n) is 24.3. The maximum Gasteiger partial charge on any atom is 0.335 e. The summed E-state index contributed by atoms with van der Waals surface area (Å²) in [5.74, 6) is -2.62. The molecule has 0 spiro atoms. The molecule has 1 aliphatic rings. The van der Waals surface area contributed by atoms with Gasteiger partial charge in [-0.1, -0.05) is 68.4 Å². The summed E-state index contributed by atoms with van der Waals surface area (Å²) >= 11 is 0. The molecule has 5 aromatic rings. The highest BCUT2D eigenvalue weighted by molar-refractivity contribution is 6.34. The summed E-state index contributed by atoms with van der Waals surface area (Å²) in [6.07, 6.45) is 0. The van der Waals surface area contributed by atoms with Gasteiger partial charge >= 0.3 is 11.9 Å². The summed E-state index contributed by atoms with van der Waals surface area (Å²) in [6.45, 7) is 4.15. The number of ether oxygens (including phenoxy) is 1. The highest BCUT2D eigenvalue weighted by atomic mass is 16.5. The van der Waals surface area contributed by atoms with E-state index in [-0.39, 0.29) is 28.9 Å². The predicted molar refractivity (Wildman–Crippen MR) is 167 cm³/mol. The molecular formula is C35H27N3O7. The molecule has 0 atom stereocenters. The van der Waals surface area contributed by atoms with Crippen LogP contribution in [0.5, 0.6) is 5.88 Å². The summed E-state index contributed by atoms with van der Waals surface area (Å²) < 4.78 is 5.97. The van der Waals surface area contributed by atoms with Crippen molar-refractivity contribution in [2.45, 2.75) is 20.5 Å². The normalized spacial score (nSPS) is 11.8. The number of nitrogens with zero attached hydrogens (tertiary/aromatic N) is 3. The van der Waals surface area contributed by atoms with Crippen molar-refractivity contribution >= 4 is 29.4 Å². The van der Waals surface area contributed by atoms with Gasteiger partial charge < -0.3 is 14.9 Å². The SMILES string of the molecule is CC.O=C(O)c1ccc(COc2cc(-c3ccc(N4C(=O)c5ccc(C(=O)O)cc5C4=O)cc3)nc(-c3ccccc3)n2)cc1. The van der Waals surface area contributed by atoms with Gasteiger partial charge in [-0.2, -0.15) is 4.98 Å². The van der Waals surface area contributed by atoms with Crippen LogP contribution in [0.3, 0.4) is 0 Å². The second-order valence-electron chi connectivity index (χ2n) is 9.63. The molecule has 2 heterocycles. The van der Waals surface area contributed by atoms with E-state index in [0.29, 0.717) is 28.6 Å². The van der Waals surface area contributed by atoms with E-state index < -0.39 is 23.8 Å². The molecule has 1 aromatic heterocycles. The monoisotopic (exact) mass is 601 g/mol. The number of benzene rings is 4. The molecule has 0 saturated carbocycles. The van der Waals surface area contributed by atoms with Crippen molar-refractivity contribution in [3.8, 4) is 28.5 Å². The van der Waals surface area contributed by atoms with Crippen LogP contribution < -0.4 is 9.64 Å².